The van der Waals surface area contributed by atoms with Crippen LogP contribution < -0.4 is 5.32 Å². The molecule has 1 saturated heterocycles. The van der Waals surface area contributed by atoms with Crippen molar-refractivity contribution in [1.29, 1.82) is 0 Å². The van der Waals surface area contributed by atoms with Gasteiger partial charge in [-0.15, -0.1) is 10.2 Å². The molecule has 1 N–H and O–H groups in total. The van der Waals surface area contributed by atoms with E-state index in [1.165, 1.54) is 12.1 Å². The maximum Gasteiger partial charge on any atom is 0.323 e. The van der Waals surface area contributed by atoms with Gasteiger partial charge >= 0.3 is 6.03 Å². The van der Waals surface area contributed by atoms with Crippen molar-refractivity contribution >= 4 is 22.5 Å². The number of benzene rings is 1. The molecular weight excluding hydrogens is 329 g/mol. The lowest BCUT2D eigenvalue weighted by Crippen LogP contribution is -2.34. The third-order valence-corrected chi connectivity index (χ3v) is 4.22. The highest BCUT2D eigenvalue weighted by Gasteiger charge is 2.40. The van der Waals surface area contributed by atoms with Gasteiger partial charge in [0, 0.05) is 19.4 Å². The number of halogens is 3. The third kappa shape index (κ3) is 3.98. The molecule has 122 valence electrons. The smallest absolute Gasteiger partial charge is 0.318 e. The van der Waals surface area contributed by atoms with Crippen molar-refractivity contribution in [2.75, 3.05) is 18.4 Å². The fraction of sp³-hybridized carbons (Fsp3) is 0.357. The molecule has 2 heterocycles. The SMILES string of the molecule is O=C(Nc1nnc(Cc2cccc(F)c2)s1)N1CCC(F)(F)C1. The molecule has 0 aliphatic carbocycles. The molecule has 0 bridgehead atoms. The standard InChI is InChI=1S/C14H13F3N4OS/c15-10-3-1-2-9(6-10)7-11-19-20-12(23-11)18-13(22)21-5-4-14(16,17)8-21/h1-3,6H,4-5,7-8H2,(H,18,20,22). The molecule has 1 aliphatic heterocycles. The molecule has 9 heteroatoms. The van der Waals surface area contributed by atoms with Crippen molar-refractivity contribution in [1.82, 2.24) is 15.1 Å². The first-order chi connectivity index (χ1) is 10.9. The minimum atomic E-state index is -2.83. The van der Waals surface area contributed by atoms with Crippen molar-refractivity contribution in [3.63, 3.8) is 0 Å². The molecule has 0 saturated carbocycles. The summed E-state index contributed by atoms with van der Waals surface area (Å²) in [6.45, 7) is -0.582. The molecule has 1 aliphatic rings. The number of urea groups is 1. The highest BCUT2D eigenvalue weighted by Crippen LogP contribution is 2.27. The lowest BCUT2D eigenvalue weighted by molar-refractivity contribution is 0.0159. The summed E-state index contributed by atoms with van der Waals surface area (Å²) < 4.78 is 39.3. The molecule has 1 fully saturated rings. The highest BCUT2D eigenvalue weighted by atomic mass is 32.1. The maximum atomic E-state index is 13.1. The molecule has 23 heavy (non-hydrogen) atoms. The number of likely N-dealkylation sites (tertiary alicyclic amines) is 1. The van der Waals surface area contributed by atoms with E-state index in [0.29, 0.717) is 11.4 Å². The van der Waals surface area contributed by atoms with Crippen molar-refractivity contribution in [2.45, 2.75) is 18.8 Å². The molecule has 2 amide bonds. The summed E-state index contributed by atoms with van der Waals surface area (Å²) in [6.07, 6.45) is 0.0500. The van der Waals surface area contributed by atoms with Crippen LogP contribution in [0.2, 0.25) is 0 Å². The van der Waals surface area contributed by atoms with Gasteiger partial charge in [-0.3, -0.25) is 5.32 Å². The van der Waals surface area contributed by atoms with E-state index in [0.717, 1.165) is 21.8 Å². The number of amides is 2. The van der Waals surface area contributed by atoms with Gasteiger partial charge in [0.05, 0.1) is 6.54 Å². The van der Waals surface area contributed by atoms with Gasteiger partial charge in [-0.05, 0) is 17.7 Å². The van der Waals surface area contributed by atoms with Gasteiger partial charge in [0.1, 0.15) is 10.8 Å². The Morgan fingerprint density at radius 1 is 1.39 bits per heavy atom. The first-order valence-electron chi connectivity index (χ1n) is 6.92. The Bertz CT molecular complexity index is 722. The molecule has 5 nitrogen and oxygen atoms in total. The second-order valence-corrected chi connectivity index (χ2v) is 6.33. The zero-order chi connectivity index (χ0) is 16.4. The number of nitrogens with zero attached hydrogens (tertiary/aromatic N) is 3. The molecule has 0 unspecified atom stereocenters. The van der Waals surface area contributed by atoms with Gasteiger partial charge in [-0.2, -0.15) is 0 Å². The van der Waals surface area contributed by atoms with E-state index in [9.17, 15) is 18.0 Å². The number of anilines is 1. The minimum Gasteiger partial charge on any atom is -0.318 e. The van der Waals surface area contributed by atoms with Crippen molar-refractivity contribution in [3.8, 4) is 0 Å². The second-order valence-electron chi connectivity index (χ2n) is 5.27. The van der Waals surface area contributed by atoms with Crippen LogP contribution in [0, 0.1) is 5.82 Å². The molecular formula is C14H13F3N4OS. The van der Waals surface area contributed by atoms with Crippen molar-refractivity contribution in [3.05, 3.63) is 40.7 Å². The molecule has 0 atom stereocenters. The first-order valence-corrected chi connectivity index (χ1v) is 7.73. The Kier molecular flexibility index (Phi) is 4.20. The van der Waals surface area contributed by atoms with E-state index >= 15 is 0 Å². The average molecular weight is 342 g/mol. The van der Waals surface area contributed by atoms with E-state index in [1.54, 1.807) is 12.1 Å². The Hall–Kier alpha value is -2.16. The number of alkyl halides is 2. The molecule has 1 aromatic carbocycles. The van der Waals surface area contributed by atoms with Crippen LogP contribution in [0.5, 0.6) is 0 Å². The first kappa shape index (κ1) is 15.7. The van der Waals surface area contributed by atoms with E-state index in [-0.39, 0.29) is 23.9 Å². The Morgan fingerprint density at radius 2 is 2.22 bits per heavy atom. The van der Waals surface area contributed by atoms with Crippen LogP contribution in [-0.4, -0.2) is 40.1 Å². The number of aromatic nitrogens is 2. The van der Waals surface area contributed by atoms with Crippen LogP contribution >= 0.6 is 11.3 Å². The molecule has 2 aromatic rings. The number of hydrogen-bond donors (Lipinski definition) is 1. The molecule has 1 aromatic heterocycles. The van der Waals surface area contributed by atoms with Gasteiger partial charge < -0.3 is 4.90 Å². The number of nitrogens with one attached hydrogen (secondary N) is 1. The van der Waals surface area contributed by atoms with E-state index in [4.69, 9.17) is 0 Å². The van der Waals surface area contributed by atoms with Gasteiger partial charge in [0.25, 0.3) is 5.92 Å². The van der Waals surface area contributed by atoms with Gasteiger partial charge in [-0.25, -0.2) is 18.0 Å². The van der Waals surface area contributed by atoms with Crippen molar-refractivity contribution < 1.29 is 18.0 Å². The summed E-state index contributed by atoms with van der Waals surface area (Å²) in [4.78, 5) is 12.9. The van der Waals surface area contributed by atoms with Crippen LogP contribution in [0.1, 0.15) is 17.0 Å². The fourth-order valence-corrected chi connectivity index (χ4v) is 3.04. The van der Waals surface area contributed by atoms with Gasteiger partial charge in [0.15, 0.2) is 0 Å². The minimum absolute atomic E-state index is 0.00772. The van der Waals surface area contributed by atoms with E-state index in [1.807, 2.05) is 0 Å². The van der Waals surface area contributed by atoms with E-state index < -0.39 is 18.5 Å². The van der Waals surface area contributed by atoms with E-state index in [2.05, 4.69) is 15.5 Å². The number of rotatable bonds is 3. The zero-order valence-corrected chi connectivity index (χ0v) is 12.7. The average Bonchev–Trinajstić information content (AvgIpc) is 3.05. The normalized spacial score (nSPS) is 16.6. The highest BCUT2D eigenvalue weighted by molar-refractivity contribution is 7.15. The number of carbonyl (C=O) groups is 1. The molecule has 3 rings (SSSR count). The zero-order valence-electron chi connectivity index (χ0n) is 11.9. The molecule has 0 radical (unpaired) electrons. The summed E-state index contributed by atoms with van der Waals surface area (Å²) in [5.41, 5.74) is 0.734. The lowest BCUT2D eigenvalue weighted by Gasteiger charge is -2.15. The van der Waals surface area contributed by atoms with Gasteiger partial charge in [-0.1, -0.05) is 23.5 Å². The summed E-state index contributed by atoms with van der Waals surface area (Å²) >= 11 is 1.13. The van der Waals surface area contributed by atoms with Crippen LogP contribution in [0.25, 0.3) is 0 Å². The monoisotopic (exact) mass is 342 g/mol. The number of carbonyl (C=O) groups excluding carboxylic acids is 1. The summed E-state index contributed by atoms with van der Waals surface area (Å²) in [5.74, 6) is -3.17. The largest absolute Gasteiger partial charge is 0.323 e. The summed E-state index contributed by atoms with van der Waals surface area (Å²) in [5, 5.41) is 11.0. The predicted octanol–water partition coefficient (Wildman–Crippen LogP) is 3.14. The molecule has 0 spiro atoms. The Labute approximate surface area is 134 Å². The van der Waals surface area contributed by atoms with Crippen LogP contribution in [0.15, 0.2) is 24.3 Å². The van der Waals surface area contributed by atoms with Gasteiger partial charge in [0.2, 0.25) is 5.13 Å². The maximum absolute atomic E-state index is 13.1. The second kappa shape index (κ2) is 6.15. The Morgan fingerprint density at radius 3 is 2.91 bits per heavy atom. The summed E-state index contributed by atoms with van der Waals surface area (Å²) in [6, 6.07) is 5.49. The topological polar surface area (TPSA) is 58.1 Å². The predicted molar refractivity (Wildman–Crippen MR) is 79.3 cm³/mol. The third-order valence-electron chi connectivity index (χ3n) is 3.38. The quantitative estimate of drug-likeness (QED) is 0.932. The van der Waals surface area contributed by atoms with Crippen LogP contribution in [-0.2, 0) is 6.42 Å². The number of hydrogen-bond acceptors (Lipinski definition) is 4. The van der Waals surface area contributed by atoms with Crippen molar-refractivity contribution in [2.24, 2.45) is 0 Å². The van der Waals surface area contributed by atoms with Crippen LogP contribution in [0.3, 0.4) is 0 Å². The summed E-state index contributed by atoms with van der Waals surface area (Å²) in [7, 11) is 0. The van der Waals surface area contributed by atoms with Crippen LogP contribution in [0.4, 0.5) is 23.1 Å². The fourth-order valence-electron chi connectivity index (χ4n) is 2.28. The lowest BCUT2D eigenvalue weighted by atomic mass is 10.1. The Balaban J connectivity index is 1.60.